The fourth-order valence-corrected chi connectivity index (χ4v) is 1.85. The summed E-state index contributed by atoms with van der Waals surface area (Å²) in [5, 5.41) is 9.68. The van der Waals surface area contributed by atoms with E-state index in [1.807, 2.05) is 18.2 Å². The van der Waals surface area contributed by atoms with Crippen molar-refractivity contribution < 1.29 is 9.84 Å². The molecule has 96 valence electrons. The fourth-order valence-electron chi connectivity index (χ4n) is 1.85. The molecule has 1 N–H and O–H groups in total. The first-order valence-corrected chi connectivity index (χ1v) is 6.48. The Morgan fingerprint density at radius 1 is 1.18 bits per heavy atom. The minimum Gasteiger partial charge on any atom is -0.393 e. The predicted octanol–water partition coefficient (Wildman–Crippen LogP) is 3.39. The van der Waals surface area contributed by atoms with Gasteiger partial charge in [0.1, 0.15) is 0 Å². The SMILES string of the molecule is CC(C)C[C@@H](O)CCCOCc1ccccc1. The fraction of sp³-hybridized carbons (Fsp3) is 0.600. The molecule has 1 atom stereocenters. The second kappa shape index (κ2) is 8.26. The van der Waals surface area contributed by atoms with Crippen LogP contribution < -0.4 is 0 Å². The van der Waals surface area contributed by atoms with E-state index in [0.29, 0.717) is 12.5 Å². The Morgan fingerprint density at radius 2 is 1.88 bits per heavy atom. The van der Waals surface area contributed by atoms with E-state index in [9.17, 15) is 5.11 Å². The summed E-state index contributed by atoms with van der Waals surface area (Å²) in [5.41, 5.74) is 1.20. The molecule has 0 aliphatic rings. The van der Waals surface area contributed by atoms with Crippen LogP contribution in [0.1, 0.15) is 38.7 Å². The first kappa shape index (κ1) is 14.2. The molecule has 0 saturated heterocycles. The molecule has 2 nitrogen and oxygen atoms in total. The highest BCUT2D eigenvalue weighted by Gasteiger charge is 2.06. The predicted molar refractivity (Wildman–Crippen MR) is 70.8 cm³/mol. The van der Waals surface area contributed by atoms with Crippen molar-refractivity contribution in [1.82, 2.24) is 0 Å². The van der Waals surface area contributed by atoms with Gasteiger partial charge in [0.15, 0.2) is 0 Å². The van der Waals surface area contributed by atoms with Crippen LogP contribution in [0.5, 0.6) is 0 Å². The summed E-state index contributed by atoms with van der Waals surface area (Å²) < 4.78 is 5.56. The monoisotopic (exact) mass is 236 g/mol. The van der Waals surface area contributed by atoms with E-state index in [-0.39, 0.29) is 6.10 Å². The van der Waals surface area contributed by atoms with Gasteiger partial charge >= 0.3 is 0 Å². The van der Waals surface area contributed by atoms with E-state index in [4.69, 9.17) is 4.74 Å². The van der Waals surface area contributed by atoms with Gasteiger partial charge in [0, 0.05) is 6.61 Å². The molecule has 0 aliphatic heterocycles. The van der Waals surface area contributed by atoms with Crippen molar-refractivity contribution in [3.63, 3.8) is 0 Å². The van der Waals surface area contributed by atoms with Gasteiger partial charge in [-0.2, -0.15) is 0 Å². The Hall–Kier alpha value is -0.860. The lowest BCUT2D eigenvalue weighted by Gasteiger charge is -2.12. The molecule has 0 saturated carbocycles. The van der Waals surface area contributed by atoms with Crippen molar-refractivity contribution in [3.8, 4) is 0 Å². The van der Waals surface area contributed by atoms with Crippen molar-refractivity contribution in [2.45, 2.75) is 45.8 Å². The van der Waals surface area contributed by atoms with Crippen LogP contribution in [0.15, 0.2) is 30.3 Å². The van der Waals surface area contributed by atoms with Gasteiger partial charge in [0.2, 0.25) is 0 Å². The number of aliphatic hydroxyl groups is 1. The minimum atomic E-state index is -0.171. The molecule has 17 heavy (non-hydrogen) atoms. The van der Waals surface area contributed by atoms with Crippen LogP contribution in [0, 0.1) is 5.92 Å². The number of benzene rings is 1. The molecular formula is C15H24O2. The Morgan fingerprint density at radius 3 is 2.53 bits per heavy atom. The Balaban J connectivity index is 2.01. The lowest BCUT2D eigenvalue weighted by Crippen LogP contribution is -2.11. The number of rotatable bonds is 8. The van der Waals surface area contributed by atoms with Crippen LogP contribution >= 0.6 is 0 Å². The van der Waals surface area contributed by atoms with E-state index < -0.39 is 0 Å². The number of hydrogen-bond acceptors (Lipinski definition) is 2. The summed E-state index contributed by atoms with van der Waals surface area (Å²) >= 11 is 0. The third-order valence-corrected chi connectivity index (χ3v) is 2.68. The van der Waals surface area contributed by atoms with Crippen LogP contribution in [-0.4, -0.2) is 17.8 Å². The molecule has 1 aromatic carbocycles. The molecule has 0 spiro atoms. The van der Waals surface area contributed by atoms with Crippen molar-refractivity contribution in [2.75, 3.05) is 6.61 Å². The molecule has 0 radical (unpaired) electrons. The third kappa shape index (κ3) is 7.14. The van der Waals surface area contributed by atoms with E-state index in [2.05, 4.69) is 26.0 Å². The summed E-state index contributed by atoms with van der Waals surface area (Å²) in [6.07, 6.45) is 2.49. The molecule has 1 rings (SSSR count). The van der Waals surface area contributed by atoms with Crippen molar-refractivity contribution in [1.29, 1.82) is 0 Å². The molecular weight excluding hydrogens is 212 g/mol. The van der Waals surface area contributed by atoms with Gasteiger partial charge < -0.3 is 9.84 Å². The molecule has 0 aromatic heterocycles. The van der Waals surface area contributed by atoms with Crippen molar-refractivity contribution in [2.24, 2.45) is 5.92 Å². The van der Waals surface area contributed by atoms with Gasteiger partial charge in [0.05, 0.1) is 12.7 Å². The maximum atomic E-state index is 9.68. The van der Waals surface area contributed by atoms with E-state index in [1.165, 1.54) is 5.56 Å². The van der Waals surface area contributed by atoms with E-state index >= 15 is 0 Å². The van der Waals surface area contributed by atoms with E-state index in [0.717, 1.165) is 25.9 Å². The largest absolute Gasteiger partial charge is 0.393 e. The molecule has 0 amide bonds. The van der Waals surface area contributed by atoms with Crippen molar-refractivity contribution >= 4 is 0 Å². The highest BCUT2D eigenvalue weighted by molar-refractivity contribution is 5.13. The first-order chi connectivity index (χ1) is 8.18. The van der Waals surface area contributed by atoms with Crippen LogP contribution in [0.2, 0.25) is 0 Å². The average Bonchev–Trinajstić information content (AvgIpc) is 2.29. The first-order valence-electron chi connectivity index (χ1n) is 6.48. The van der Waals surface area contributed by atoms with Crippen LogP contribution in [0.4, 0.5) is 0 Å². The number of aliphatic hydroxyl groups excluding tert-OH is 1. The quantitative estimate of drug-likeness (QED) is 0.701. The van der Waals surface area contributed by atoms with Gasteiger partial charge in [-0.3, -0.25) is 0 Å². The molecule has 0 bridgehead atoms. The Labute approximate surface area is 105 Å². The number of ether oxygens (including phenoxy) is 1. The highest BCUT2D eigenvalue weighted by atomic mass is 16.5. The topological polar surface area (TPSA) is 29.5 Å². The molecule has 0 unspecified atom stereocenters. The molecule has 0 heterocycles. The standard InChI is InChI=1S/C15H24O2/c1-13(2)11-15(16)9-6-10-17-12-14-7-4-3-5-8-14/h3-5,7-8,13,15-16H,6,9-12H2,1-2H3/t15-/m0/s1. The lowest BCUT2D eigenvalue weighted by atomic mass is 10.0. The summed E-state index contributed by atoms with van der Waals surface area (Å²) in [7, 11) is 0. The average molecular weight is 236 g/mol. The van der Waals surface area contributed by atoms with Gasteiger partial charge in [-0.1, -0.05) is 44.2 Å². The zero-order valence-corrected chi connectivity index (χ0v) is 10.9. The second-order valence-corrected chi connectivity index (χ2v) is 4.96. The van der Waals surface area contributed by atoms with Gasteiger partial charge in [0.25, 0.3) is 0 Å². The minimum absolute atomic E-state index is 0.171. The summed E-state index contributed by atoms with van der Waals surface area (Å²) in [6.45, 7) is 5.66. The maximum absolute atomic E-state index is 9.68. The summed E-state index contributed by atoms with van der Waals surface area (Å²) in [6, 6.07) is 10.2. The molecule has 0 fully saturated rings. The van der Waals surface area contributed by atoms with Gasteiger partial charge in [-0.05, 0) is 30.7 Å². The third-order valence-electron chi connectivity index (χ3n) is 2.68. The Kier molecular flexibility index (Phi) is 6.90. The van der Waals surface area contributed by atoms with Crippen LogP contribution in [-0.2, 0) is 11.3 Å². The molecule has 2 heteroatoms. The maximum Gasteiger partial charge on any atom is 0.0716 e. The van der Waals surface area contributed by atoms with Crippen molar-refractivity contribution in [3.05, 3.63) is 35.9 Å². The van der Waals surface area contributed by atoms with E-state index in [1.54, 1.807) is 0 Å². The normalized spacial score (nSPS) is 12.9. The zero-order chi connectivity index (χ0) is 12.5. The Bertz CT molecular complexity index is 282. The second-order valence-electron chi connectivity index (χ2n) is 4.96. The highest BCUT2D eigenvalue weighted by Crippen LogP contribution is 2.10. The number of hydrogen-bond donors (Lipinski definition) is 1. The zero-order valence-electron chi connectivity index (χ0n) is 10.9. The molecule has 1 aromatic rings. The van der Waals surface area contributed by atoms with Crippen LogP contribution in [0.3, 0.4) is 0 Å². The smallest absolute Gasteiger partial charge is 0.0716 e. The molecule has 0 aliphatic carbocycles. The summed E-state index contributed by atoms with van der Waals surface area (Å²) in [4.78, 5) is 0. The lowest BCUT2D eigenvalue weighted by molar-refractivity contribution is 0.0902. The van der Waals surface area contributed by atoms with Gasteiger partial charge in [-0.15, -0.1) is 0 Å². The van der Waals surface area contributed by atoms with Gasteiger partial charge in [-0.25, -0.2) is 0 Å². The summed E-state index contributed by atoms with van der Waals surface area (Å²) in [5.74, 6) is 0.565. The van der Waals surface area contributed by atoms with Crippen LogP contribution in [0.25, 0.3) is 0 Å².